The molecule has 0 unspecified atom stereocenters. The van der Waals surface area contributed by atoms with Crippen molar-refractivity contribution in [1.82, 2.24) is 5.32 Å². The first-order chi connectivity index (χ1) is 20.3. The molecular formula is C33H30N2O7. The van der Waals surface area contributed by atoms with Crippen LogP contribution in [-0.2, 0) is 20.9 Å². The van der Waals surface area contributed by atoms with Gasteiger partial charge in [-0.15, -0.1) is 0 Å². The number of anilines is 1. The highest BCUT2D eigenvalue weighted by Gasteiger charge is 2.32. The molecule has 4 aromatic rings. The molecule has 0 bridgehead atoms. The normalized spacial score (nSPS) is 13.4. The second kappa shape index (κ2) is 12.6. The highest BCUT2D eigenvalue weighted by Crippen LogP contribution is 2.44. The van der Waals surface area contributed by atoms with E-state index in [0.29, 0.717) is 0 Å². The largest absolute Gasteiger partial charge is 0.508 e. The lowest BCUT2D eigenvalue weighted by molar-refractivity contribution is -0.121. The maximum absolute atomic E-state index is 13.4. The van der Waals surface area contributed by atoms with Gasteiger partial charge in [-0.05, 0) is 52.9 Å². The number of alkyl carbamates (subject to hydrolysis) is 1. The van der Waals surface area contributed by atoms with Gasteiger partial charge in [0.05, 0.1) is 24.0 Å². The number of ether oxygens (including phenoxy) is 2. The molecule has 0 aliphatic heterocycles. The number of aromatic hydroxyl groups is 1. The topological polar surface area (TPSA) is 134 Å². The summed E-state index contributed by atoms with van der Waals surface area (Å²) in [7, 11) is 0. The van der Waals surface area contributed by atoms with E-state index in [-0.39, 0.29) is 36.1 Å². The molecule has 42 heavy (non-hydrogen) atoms. The number of nitrogens with one attached hydrogen (secondary N) is 2. The number of phenols is 1. The van der Waals surface area contributed by atoms with Crippen LogP contribution >= 0.6 is 0 Å². The molecule has 2 atom stereocenters. The van der Waals surface area contributed by atoms with E-state index in [4.69, 9.17) is 9.47 Å². The van der Waals surface area contributed by atoms with Crippen LogP contribution in [0, 0.1) is 0 Å². The van der Waals surface area contributed by atoms with Crippen molar-refractivity contribution in [3.05, 3.63) is 119 Å². The number of hydrogen-bond donors (Lipinski definition) is 4. The summed E-state index contributed by atoms with van der Waals surface area (Å²) in [4.78, 5) is 38.2. The van der Waals surface area contributed by atoms with Gasteiger partial charge < -0.3 is 30.3 Å². The van der Waals surface area contributed by atoms with Crippen LogP contribution in [0.3, 0.4) is 0 Å². The summed E-state index contributed by atoms with van der Waals surface area (Å²) < 4.78 is 11.6. The van der Waals surface area contributed by atoms with Gasteiger partial charge in [0, 0.05) is 5.92 Å². The summed E-state index contributed by atoms with van der Waals surface area (Å²) in [6, 6.07) is 27.6. The van der Waals surface area contributed by atoms with E-state index >= 15 is 0 Å². The number of amides is 2. The van der Waals surface area contributed by atoms with Gasteiger partial charge in [0.1, 0.15) is 18.4 Å². The summed E-state index contributed by atoms with van der Waals surface area (Å²) >= 11 is 0. The van der Waals surface area contributed by atoms with Crippen molar-refractivity contribution in [3.8, 4) is 16.9 Å². The molecule has 4 N–H and O–H groups in total. The number of carbonyl (C=O) groups is 3. The van der Waals surface area contributed by atoms with E-state index in [2.05, 4.69) is 10.6 Å². The number of carbonyl (C=O) groups excluding carboxylic acids is 2. The average Bonchev–Trinajstić information content (AvgIpc) is 3.32. The van der Waals surface area contributed by atoms with Crippen molar-refractivity contribution in [2.45, 2.75) is 31.6 Å². The van der Waals surface area contributed by atoms with Gasteiger partial charge in [-0.3, -0.25) is 4.79 Å². The molecule has 214 valence electrons. The molecule has 5 rings (SSSR count). The Labute approximate surface area is 242 Å². The molecule has 0 saturated heterocycles. The Bertz CT molecular complexity index is 1560. The number of carboxylic acid groups (broad SMARTS) is 1. The maximum atomic E-state index is 13.4. The zero-order valence-corrected chi connectivity index (χ0v) is 22.8. The summed E-state index contributed by atoms with van der Waals surface area (Å²) in [6.07, 6.45) is -1.65. The number of hydrogen-bond acceptors (Lipinski definition) is 6. The smallest absolute Gasteiger partial charge is 0.407 e. The first-order valence-corrected chi connectivity index (χ1v) is 13.5. The van der Waals surface area contributed by atoms with E-state index in [9.17, 15) is 24.6 Å². The number of rotatable bonds is 10. The number of phenolic OH excluding ortho intramolecular Hbond substituents is 1. The van der Waals surface area contributed by atoms with Crippen LogP contribution in [0.15, 0.2) is 97.1 Å². The number of benzene rings is 4. The van der Waals surface area contributed by atoms with E-state index in [1.165, 1.54) is 12.1 Å². The van der Waals surface area contributed by atoms with Crippen LogP contribution in [0.1, 0.15) is 39.9 Å². The van der Waals surface area contributed by atoms with Crippen molar-refractivity contribution >= 4 is 23.7 Å². The van der Waals surface area contributed by atoms with Crippen LogP contribution in [-0.4, -0.2) is 46.9 Å². The molecule has 4 aromatic carbocycles. The standard InChI is InChI=1S/C33H30N2O7/c1-20(41-18-21-9-3-2-4-10-21)30(31(37)34-29-16-15-22(36)17-27(29)32(38)39)35-33(40)42-19-28-25-13-7-5-11-23(25)24-12-6-8-14-26(24)28/h2-17,20,28,30,36H,18-19H2,1H3,(H,34,37)(H,35,40)(H,38,39)/t20-,30+/m0/s1. The SMILES string of the molecule is C[C@H](OCc1ccccc1)[C@@H](NC(=O)OCC1c2ccccc2-c2ccccc21)C(=O)Nc1ccc(O)cc1C(=O)O. The minimum Gasteiger partial charge on any atom is -0.508 e. The quantitative estimate of drug-likeness (QED) is 0.185. The first kappa shape index (κ1) is 28.4. The Balaban J connectivity index is 1.32. The van der Waals surface area contributed by atoms with Gasteiger partial charge in [-0.2, -0.15) is 0 Å². The summed E-state index contributed by atoms with van der Waals surface area (Å²) in [5.41, 5.74) is 4.80. The third-order valence-corrected chi connectivity index (χ3v) is 7.22. The van der Waals surface area contributed by atoms with Gasteiger partial charge in [0.15, 0.2) is 0 Å². The molecule has 2 amide bonds. The predicted molar refractivity (Wildman–Crippen MR) is 156 cm³/mol. The van der Waals surface area contributed by atoms with Crippen LogP contribution in [0.25, 0.3) is 11.1 Å². The van der Waals surface area contributed by atoms with Crippen molar-refractivity contribution in [3.63, 3.8) is 0 Å². The molecule has 1 aliphatic rings. The van der Waals surface area contributed by atoms with Gasteiger partial charge in [-0.1, -0.05) is 78.9 Å². The Morgan fingerprint density at radius 2 is 1.48 bits per heavy atom. The average molecular weight is 567 g/mol. The monoisotopic (exact) mass is 566 g/mol. The second-order valence-electron chi connectivity index (χ2n) is 9.97. The van der Waals surface area contributed by atoms with Gasteiger partial charge in [0.25, 0.3) is 0 Å². The van der Waals surface area contributed by atoms with Gasteiger partial charge >= 0.3 is 12.1 Å². The van der Waals surface area contributed by atoms with Crippen LogP contribution in [0.4, 0.5) is 10.5 Å². The fourth-order valence-electron chi connectivity index (χ4n) is 5.09. The lowest BCUT2D eigenvalue weighted by Gasteiger charge is -2.25. The Morgan fingerprint density at radius 1 is 0.857 bits per heavy atom. The maximum Gasteiger partial charge on any atom is 0.407 e. The Kier molecular flexibility index (Phi) is 8.50. The highest BCUT2D eigenvalue weighted by atomic mass is 16.5. The number of aromatic carboxylic acids is 1. The summed E-state index contributed by atoms with van der Waals surface area (Å²) in [6.45, 7) is 1.86. The van der Waals surface area contributed by atoms with Crippen LogP contribution < -0.4 is 10.6 Å². The lowest BCUT2D eigenvalue weighted by Crippen LogP contribution is -2.51. The highest BCUT2D eigenvalue weighted by molar-refractivity contribution is 6.03. The van der Waals surface area contributed by atoms with Crippen molar-refractivity contribution < 1.29 is 34.1 Å². The van der Waals surface area contributed by atoms with Crippen LogP contribution in [0.5, 0.6) is 5.75 Å². The van der Waals surface area contributed by atoms with E-state index in [1.54, 1.807) is 6.92 Å². The third-order valence-electron chi connectivity index (χ3n) is 7.22. The van der Waals surface area contributed by atoms with Crippen molar-refractivity contribution in [1.29, 1.82) is 0 Å². The zero-order chi connectivity index (χ0) is 29.6. The Hall–Kier alpha value is -5.15. The van der Waals surface area contributed by atoms with Gasteiger partial charge in [0.2, 0.25) is 5.91 Å². The molecular weight excluding hydrogens is 536 g/mol. The fourth-order valence-corrected chi connectivity index (χ4v) is 5.09. The molecule has 9 heteroatoms. The molecule has 0 spiro atoms. The zero-order valence-electron chi connectivity index (χ0n) is 22.8. The second-order valence-corrected chi connectivity index (χ2v) is 9.97. The molecule has 0 aromatic heterocycles. The van der Waals surface area contributed by atoms with E-state index in [0.717, 1.165) is 33.9 Å². The van der Waals surface area contributed by atoms with Crippen molar-refractivity contribution in [2.24, 2.45) is 0 Å². The number of fused-ring (bicyclic) bond motifs is 3. The molecule has 0 radical (unpaired) electrons. The Morgan fingerprint density at radius 3 is 2.12 bits per heavy atom. The lowest BCUT2D eigenvalue weighted by atomic mass is 9.98. The minimum absolute atomic E-state index is 0.0418. The third kappa shape index (κ3) is 6.26. The number of carboxylic acids is 1. The van der Waals surface area contributed by atoms with E-state index < -0.39 is 30.1 Å². The van der Waals surface area contributed by atoms with Crippen molar-refractivity contribution in [2.75, 3.05) is 11.9 Å². The van der Waals surface area contributed by atoms with E-state index in [1.807, 2.05) is 78.9 Å². The van der Waals surface area contributed by atoms with Gasteiger partial charge in [-0.25, -0.2) is 9.59 Å². The summed E-state index contributed by atoms with van der Waals surface area (Å²) in [5, 5.41) is 24.4. The summed E-state index contributed by atoms with van der Waals surface area (Å²) in [5.74, 6) is -2.48. The minimum atomic E-state index is -1.34. The molecule has 0 fully saturated rings. The molecule has 1 aliphatic carbocycles. The molecule has 0 saturated carbocycles. The fraction of sp³-hybridized carbons (Fsp3) is 0.182. The first-order valence-electron chi connectivity index (χ1n) is 13.5. The van der Waals surface area contributed by atoms with Crippen LogP contribution in [0.2, 0.25) is 0 Å². The molecule has 9 nitrogen and oxygen atoms in total. The molecule has 0 heterocycles. The predicted octanol–water partition coefficient (Wildman–Crippen LogP) is 5.54.